The minimum absolute atomic E-state index is 0.0280. The van der Waals surface area contributed by atoms with Crippen LogP contribution in [0.1, 0.15) is 10.6 Å². The molecule has 0 saturated carbocycles. The number of anilines is 1. The number of sulfonamides is 1. The lowest BCUT2D eigenvalue weighted by molar-refractivity contribution is 0.0678. The van der Waals surface area contributed by atoms with Crippen molar-refractivity contribution in [3.05, 3.63) is 48.2 Å². The van der Waals surface area contributed by atoms with Crippen molar-refractivity contribution in [1.82, 2.24) is 5.48 Å². The normalized spacial score (nSPS) is 11.3. The van der Waals surface area contributed by atoms with E-state index in [1.165, 1.54) is 51.0 Å². The van der Waals surface area contributed by atoms with E-state index < -0.39 is 15.9 Å². The van der Waals surface area contributed by atoms with Gasteiger partial charge in [0.1, 0.15) is 5.58 Å². The molecule has 0 unspecified atom stereocenters. The van der Waals surface area contributed by atoms with Crippen molar-refractivity contribution in [2.75, 3.05) is 25.6 Å². The molecular weight excluding hydrogens is 388 g/mol. The average molecular weight is 406 g/mol. The maximum atomic E-state index is 13.0. The molecule has 0 saturated heterocycles. The van der Waals surface area contributed by atoms with Crippen molar-refractivity contribution in [2.45, 2.75) is 4.90 Å². The zero-order chi connectivity index (χ0) is 20.5. The van der Waals surface area contributed by atoms with Gasteiger partial charge in [-0.3, -0.25) is 14.3 Å². The number of carbonyl (C=O) groups excluding carboxylic acids is 1. The summed E-state index contributed by atoms with van der Waals surface area (Å²) in [5.74, 6) is -0.190. The molecule has 0 aliphatic rings. The fraction of sp³-hybridized carbons (Fsp3) is 0.167. The van der Waals surface area contributed by atoms with Crippen molar-refractivity contribution >= 4 is 32.6 Å². The Labute approximate surface area is 161 Å². The summed E-state index contributed by atoms with van der Waals surface area (Å²) in [5.41, 5.74) is 2.22. The Bertz CT molecular complexity index is 1140. The average Bonchev–Trinajstić information content (AvgIpc) is 3.15. The molecule has 1 aromatic heterocycles. The Morgan fingerprint density at radius 1 is 1.07 bits per heavy atom. The van der Waals surface area contributed by atoms with Crippen molar-refractivity contribution in [1.29, 1.82) is 0 Å². The molecule has 0 aliphatic carbocycles. The maximum absolute atomic E-state index is 13.0. The van der Waals surface area contributed by atoms with Gasteiger partial charge in [-0.1, -0.05) is 0 Å². The van der Waals surface area contributed by atoms with Crippen LogP contribution in [0.25, 0.3) is 11.0 Å². The molecular formula is C18H18N2O7S. The number of fused-ring (bicyclic) bond motifs is 1. The number of benzene rings is 2. The zero-order valence-electron chi connectivity index (χ0n) is 15.3. The van der Waals surface area contributed by atoms with Crippen LogP contribution in [0.2, 0.25) is 0 Å². The highest BCUT2D eigenvalue weighted by atomic mass is 32.2. The molecule has 28 heavy (non-hydrogen) atoms. The third kappa shape index (κ3) is 3.35. The molecule has 148 valence electrons. The summed E-state index contributed by atoms with van der Waals surface area (Å²) in [4.78, 5) is 11.5. The molecule has 9 nitrogen and oxygen atoms in total. The summed E-state index contributed by atoms with van der Waals surface area (Å²) in [6.45, 7) is 0. The lowest BCUT2D eigenvalue weighted by Crippen LogP contribution is -2.26. The van der Waals surface area contributed by atoms with Gasteiger partial charge in [-0.15, -0.1) is 0 Å². The van der Waals surface area contributed by atoms with E-state index in [0.717, 1.165) is 4.31 Å². The predicted molar refractivity (Wildman–Crippen MR) is 101 cm³/mol. The maximum Gasteiger partial charge on any atom is 0.310 e. The van der Waals surface area contributed by atoms with Crippen LogP contribution in [-0.4, -0.2) is 40.8 Å². The fourth-order valence-electron chi connectivity index (χ4n) is 2.67. The molecule has 0 aliphatic heterocycles. The predicted octanol–water partition coefficient (Wildman–Crippen LogP) is 2.39. The number of hydrogen-bond acceptors (Lipinski definition) is 7. The molecule has 0 radical (unpaired) electrons. The highest BCUT2D eigenvalue weighted by Crippen LogP contribution is 2.32. The number of amides is 1. The first kappa shape index (κ1) is 19.5. The monoisotopic (exact) mass is 406 g/mol. The number of furan rings is 1. The van der Waals surface area contributed by atoms with E-state index in [0.29, 0.717) is 28.2 Å². The van der Waals surface area contributed by atoms with Crippen LogP contribution >= 0.6 is 0 Å². The highest BCUT2D eigenvalue weighted by molar-refractivity contribution is 7.92. The van der Waals surface area contributed by atoms with Gasteiger partial charge in [-0.2, -0.15) is 0 Å². The first-order chi connectivity index (χ1) is 13.3. The largest absolute Gasteiger partial charge is 0.493 e. The second-order valence-electron chi connectivity index (χ2n) is 5.76. The van der Waals surface area contributed by atoms with Crippen molar-refractivity contribution < 1.29 is 32.3 Å². The molecule has 2 N–H and O–H groups in total. The second kappa shape index (κ2) is 7.41. The molecule has 0 atom stereocenters. The quantitative estimate of drug-likeness (QED) is 0.477. The van der Waals surface area contributed by atoms with Crippen LogP contribution in [-0.2, 0) is 10.0 Å². The fourth-order valence-corrected chi connectivity index (χ4v) is 3.87. The Morgan fingerprint density at radius 3 is 2.43 bits per heavy atom. The van der Waals surface area contributed by atoms with E-state index in [9.17, 15) is 13.2 Å². The Hall–Kier alpha value is -3.24. The number of hydroxylamine groups is 1. The van der Waals surface area contributed by atoms with Gasteiger partial charge in [0.05, 0.1) is 24.8 Å². The van der Waals surface area contributed by atoms with Crippen molar-refractivity contribution in [3.8, 4) is 11.5 Å². The first-order valence-electron chi connectivity index (χ1n) is 8.00. The van der Waals surface area contributed by atoms with Crippen molar-refractivity contribution in [2.24, 2.45) is 0 Å². The summed E-state index contributed by atoms with van der Waals surface area (Å²) in [6.07, 6.45) is 0. The highest BCUT2D eigenvalue weighted by Gasteiger charge is 2.24. The number of nitrogens with zero attached hydrogens (tertiary/aromatic N) is 1. The number of hydrogen-bond donors (Lipinski definition) is 2. The minimum atomic E-state index is -3.88. The minimum Gasteiger partial charge on any atom is -0.493 e. The lowest BCUT2D eigenvalue weighted by atomic mass is 10.2. The molecule has 10 heteroatoms. The summed E-state index contributed by atoms with van der Waals surface area (Å²) in [7, 11) is 0.410. The molecule has 3 aromatic rings. The van der Waals surface area contributed by atoms with E-state index in [1.54, 1.807) is 18.2 Å². The third-order valence-electron chi connectivity index (χ3n) is 4.20. The molecule has 0 bridgehead atoms. The molecule has 2 aromatic carbocycles. The van der Waals surface area contributed by atoms with Crippen LogP contribution < -0.4 is 19.3 Å². The van der Waals surface area contributed by atoms with E-state index in [2.05, 4.69) is 0 Å². The van der Waals surface area contributed by atoms with Gasteiger partial charge in [-0.05, 0) is 36.4 Å². The standard InChI is InChI=1S/C18H18N2O7S/c1-20(28(23,24)13-5-7-15(25-2)16(10-13)26-3)12-4-6-14-11(8-12)9-17(27-14)18(21)19-22/h4-10,22H,1-3H3,(H,19,21). The number of nitrogens with one attached hydrogen (secondary N) is 1. The third-order valence-corrected chi connectivity index (χ3v) is 5.98. The molecule has 3 rings (SSSR count). The van der Waals surface area contributed by atoms with Gasteiger partial charge >= 0.3 is 5.91 Å². The topological polar surface area (TPSA) is 118 Å². The molecule has 1 amide bonds. The van der Waals surface area contributed by atoms with E-state index in [4.69, 9.17) is 19.1 Å². The summed E-state index contributed by atoms with van der Waals surface area (Å²) in [5, 5.41) is 9.21. The van der Waals surface area contributed by atoms with E-state index >= 15 is 0 Å². The Morgan fingerprint density at radius 2 is 1.79 bits per heavy atom. The molecule has 1 heterocycles. The second-order valence-corrected chi connectivity index (χ2v) is 7.73. The summed E-state index contributed by atoms with van der Waals surface area (Å²) >= 11 is 0. The van der Waals surface area contributed by atoms with Gasteiger partial charge < -0.3 is 13.9 Å². The Balaban J connectivity index is 2.00. The van der Waals surface area contributed by atoms with E-state index in [1.807, 2.05) is 0 Å². The van der Waals surface area contributed by atoms with Gasteiger partial charge in [0.2, 0.25) is 0 Å². The summed E-state index contributed by atoms with van der Waals surface area (Å²) in [6, 6.07) is 10.4. The van der Waals surface area contributed by atoms with Gasteiger partial charge in [0.15, 0.2) is 17.3 Å². The van der Waals surface area contributed by atoms with Gasteiger partial charge in [0.25, 0.3) is 10.0 Å². The first-order valence-corrected chi connectivity index (χ1v) is 9.45. The molecule has 0 spiro atoms. The number of methoxy groups -OCH3 is 2. The summed E-state index contributed by atoms with van der Waals surface area (Å²) < 4.78 is 42.7. The SMILES string of the molecule is COc1ccc(S(=O)(=O)N(C)c2ccc3oc(C(=O)NO)cc3c2)cc1OC. The molecule has 0 fully saturated rings. The number of ether oxygens (including phenoxy) is 2. The van der Waals surface area contributed by atoms with Crippen LogP contribution in [0, 0.1) is 0 Å². The Kier molecular flexibility index (Phi) is 5.16. The van der Waals surface area contributed by atoms with Crippen LogP contribution in [0.15, 0.2) is 51.8 Å². The van der Waals surface area contributed by atoms with Crippen LogP contribution in [0.4, 0.5) is 5.69 Å². The zero-order valence-corrected chi connectivity index (χ0v) is 16.1. The van der Waals surface area contributed by atoms with Crippen molar-refractivity contribution in [3.63, 3.8) is 0 Å². The van der Waals surface area contributed by atoms with Gasteiger partial charge in [-0.25, -0.2) is 13.9 Å². The lowest BCUT2D eigenvalue weighted by Gasteiger charge is -2.20. The smallest absolute Gasteiger partial charge is 0.310 e. The number of rotatable bonds is 6. The van der Waals surface area contributed by atoms with E-state index in [-0.39, 0.29) is 10.7 Å². The van der Waals surface area contributed by atoms with Crippen LogP contribution in [0.3, 0.4) is 0 Å². The van der Waals surface area contributed by atoms with Gasteiger partial charge in [0, 0.05) is 18.5 Å². The van der Waals surface area contributed by atoms with Crippen LogP contribution in [0.5, 0.6) is 11.5 Å². The number of carbonyl (C=O) groups is 1.